The topological polar surface area (TPSA) is 46.5 Å². The molecule has 0 amide bonds. The molecule has 0 aliphatic heterocycles. The molecular weight excluding hydrogens is 96.0 g/mol. The largest absolute Gasteiger partial charge is 0.365 e. The quantitative estimate of drug-likeness (QED) is 0.299. The molecule has 1 N–H and O–H groups in total. The highest BCUT2D eigenvalue weighted by atomic mass is 17.1. The predicted octanol–water partition coefficient (Wildman–Crippen LogP) is 0.579. The second kappa shape index (κ2) is 3.36. The molecule has 0 heterocycles. The molecule has 0 aromatic heterocycles. The van der Waals surface area contributed by atoms with Crippen molar-refractivity contribution in [2.24, 2.45) is 0 Å². The van der Waals surface area contributed by atoms with E-state index in [0.717, 1.165) is 6.08 Å². The minimum absolute atomic E-state index is 0.748. The van der Waals surface area contributed by atoms with E-state index in [2.05, 4.69) is 4.89 Å². The summed E-state index contributed by atoms with van der Waals surface area (Å²) in [5.74, 6) is -0.748. The molecular formula is C4H6O3. The van der Waals surface area contributed by atoms with Gasteiger partial charge in [0, 0.05) is 6.08 Å². The number of hydrogen-bond donors (Lipinski definition) is 1. The van der Waals surface area contributed by atoms with Crippen LogP contribution in [0, 0.1) is 0 Å². The fourth-order valence-corrected chi connectivity index (χ4v) is 0.167. The Kier molecular flexibility index (Phi) is 2.96. The monoisotopic (exact) mass is 102 g/mol. The van der Waals surface area contributed by atoms with Crippen LogP contribution in [0.3, 0.4) is 0 Å². The summed E-state index contributed by atoms with van der Waals surface area (Å²) in [5.41, 5.74) is 0. The first-order valence-electron chi connectivity index (χ1n) is 1.79. The molecule has 0 bridgehead atoms. The van der Waals surface area contributed by atoms with E-state index in [1.54, 1.807) is 6.92 Å². The molecule has 0 spiro atoms. The summed E-state index contributed by atoms with van der Waals surface area (Å²) in [7, 11) is 0. The Balaban J connectivity index is 3.37. The molecule has 3 nitrogen and oxygen atoms in total. The SMILES string of the molecule is C/C=C\C(=O)OO. The molecule has 40 valence electrons. The fraction of sp³-hybridized carbons (Fsp3) is 0.250. The van der Waals surface area contributed by atoms with Crippen LogP contribution in [0.5, 0.6) is 0 Å². The van der Waals surface area contributed by atoms with Gasteiger partial charge in [-0.1, -0.05) is 6.08 Å². The third-order valence-corrected chi connectivity index (χ3v) is 0.393. The zero-order valence-electron chi connectivity index (χ0n) is 3.92. The maximum atomic E-state index is 9.85. The molecule has 0 saturated heterocycles. The lowest BCUT2D eigenvalue weighted by Crippen LogP contribution is -1.93. The average Bonchev–Trinajstić information content (AvgIpc) is 1.68. The first kappa shape index (κ1) is 6.17. The molecule has 0 rings (SSSR count). The van der Waals surface area contributed by atoms with Gasteiger partial charge in [-0.15, -0.1) is 0 Å². The van der Waals surface area contributed by atoms with E-state index < -0.39 is 5.97 Å². The van der Waals surface area contributed by atoms with Gasteiger partial charge >= 0.3 is 5.97 Å². The first-order chi connectivity index (χ1) is 3.31. The van der Waals surface area contributed by atoms with Gasteiger partial charge in [0.1, 0.15) is 0 Å². The van der Waals surface area contributed by atoms with Crippen molar-refractivity contribution in [2.75, 3.05) is 0 Å². The number of hydrogen-bond acceptors (Lipinski definition) is 3. The van der Waals surface area contributed by atoms with Crippen LogP contribution in [0.25, 0.3) is 0 Å². The molecule has 0 fully saturated rings. The summed E-state index contributed by atoms with van der Waals surface area (Å²) in [4.78, 5) is 13.1. The zero-order chi connectivity index (χ0) is 5.70. The van der Waals surface area contributed by atoms with E-state index in [1.165, 1.54) is 6.08 Å². The van der Waals surface area contributed by atoms with Crippen molar-refractivity contribution < 1.29 is 14.9 Å². The number of allylic oxidation sites excluding steroid dienone is 1. The number of carbonyl (C=O) groups excluding carboxylic acids is 1. The second-order valence-electron chi connectivity index (χ2n) is 0.910. The minimum Gasteiger partial charge on any atom is -0.296 e. The maximum Gasteiger partial charge on any atom is 0.365 e. The smallest absolute Gasteiger partial charge is 0.296 e. The summed E-state index contributed by atoms with van der Waals surface area (Å²) in [6, 6.07) is 0. The van der Waals surface area contributed by atoms with E-state index >= 15 is 0 Å². The normalized spacial score (nSPS) is 9.43. The molecule has 0 aromatic rings. The van der Waals surface area contributed by atoms with Gasteiger partial charge in [0.05, 0.1) is 0 Å². The summed E-state index contributed by atoms with van der Waals surface area (Å²) in [5, 5.41) is 7.57. The van der Waals surface area contributed by atoms with Crippen LogP contribution in [-0.2, 0) is 9.68 Å². The highest BCUT2D eigenvalue weighted by Gasteiger charge is 1.87. The summed E-state index contributed by atoms with van der Waals surface area (Å²) >= 11 is 0. The molecule has 0 unspecified atom stereocenters. The van der Waals surface area contributed by atoms with E-state index in [1.807, 2.05) is 0 Å². The summed E-state index contributed by atoms with van der Waals surface area (Å²) in [6.07, 6.45) is 2.58. The lowest BCUT2D eigenvalue weighted by molar-refractivity contribution is -0.228. The van der Waals surface area contributed by atoms with Gasteiger partial charge in [-0.05, 0) is 6.92 Å². The van der Waals surface area contributed by atoms with Crippen LogP contribution in [0.1, 0.15) is 6.92 Å². The third-order valence-electron chi connectivity index (χ3n) is 0.393. The van der Waals surface area contributed by atoms with Crippen molar-refractivity contribution in [3.8, 4) is 0 Å². The van der Waals surface area contributed by atoms with Crippen molar-refractivity contribution in [1.82, 2.24) is 0 Å². The van der Waals surface area contributed by atoms with Gasteiger partial charge < -0.3 is 0 Å². The molecule has 7 heavy (non-hydrogen) atoms. The highest BCUT2D eigenvalue weighted by Crippen LogP contribution is 1.73. The lowest BCUT2D eigenvalue weighted by atomic mass is 10.5. The Labute approximate surface area is 41.1 Å². The summed E-state index contributed by atoms with van der Waals surface area (Å²) in [6.45, 7) is 1.65. The molecule has 0 aliphatic rings. The lowest BCUT2D eigenvalue weighted by Gasteiger charge is -1.80. The van der Waals surface area contributed by atoms with Crippen molar-refractivity contribution in [3.05, 3.63) is 12.2 Å². The van der Waals surface area contributed by atoms with Gasteiger partial charge in [-0.2, -0.15) is 5.26 Å². The van der Waals surface area contributed by atoms with E-state index in [9.17, 15) is 4.79 Å². The van der Waals surface area contributed by atoms with Crippen LogP contribution in [0.2, 0.25) is 0 Å². The second-order valence-corrected chi connectivity index (χ2v) is 0.910. The Morgan fingerprint density at radius 3 is 2.57 bits per heavy atom. The Bertz CT molecular complexity index is 84.9. The van der Waals surface area contributed by atoms with Crippen LogP contribution >= 0.6 is 0 Å². The van der Waals surface area contributed by atoms with Crippen LogP contribution in [-0.4, -0.2) is 11.2 Å². The Morgan fingerprint density at radius 2 is 2.43 bits per heavy atom. The molecule has 0 aromatic carbocycles. The number of carbonyl (C=O) groups is 1. The number of rotatable bonds is 1. The van der Waals surface area contributed by atoms with Gasteiger partial charge in [-0.25, -0.2) is 4.79 Å². The predicted molar refractivity (Wildman–Crippen MR) is 23.5 cm³/mol. The van der Waals surface area contributed by atoms with Gasteiger partial charge in [0.2, 0.25) is 0 Å². The first-order valence-corrected chi connectivity index (χ1v) is 1.79. The van der Waals surface area contributed by atoms with Gasteiger partial charge in [-0.3, -0.25) is 4.89 Å². The third kappa shape index (κ3) is 2.99. The highest BCUT2D eigenvalue weighted by molar-refractivity contribution is 5.81. The van der Waals surface area contributed by atoms with Crippen LogP contribution in [0.4, 0.5) is 0 Å². The fourth-order valence-electron chi connectivity index (χ4n) is 0.167. The molecule has 0 radical (unpaired) electrons. The van der Waals surface area contributed by atoms with Crippen LogP contribution < -0.4 is 0 Å². The average molecular weight is 102 g/mol. The maximum absolute atomic E-state index is 9.85. The van der Waals surface area contributed by atoms with Crippen molar-refractivity contribution in [1.29, 1.82) is 0 Å². The van der Waals surface area contributed by atoms with Crippen molar-refractivity contribution >= 4 is 5.97 Å². The zero-order valence-corrected chi connectivity index (χ0v) is 3.92. The molecule has 3 heteroatoms. The summed E-state index contributed by atoms with van der Waals surface area (Å²) < 4.78 is 0. The van der Waals surface area contributed by atoms with Crippen molar-refractivity contribution in [3.63, 3.8) is 0 Å². The Hall–Kier alpha value is -0.830. The minimum atomic E-state index is -0.748. The van der Waals surface area contributed by atoms with Crippen LogP contribution in [0.15, 0.2) is 12.2 Å². The Morgan fingerprint density at radius 1 is 1.86 bits per heavy atom. The molecule has 0 saturated carbocycles. The van der Waals surface area contributed by atoms with Gasteiger partial charge in [0.25, 0.3) is 0 Å². The van der Waals surface area contributed by atoms with Gasteiger partial charge in [0.15, 0.2) is 0 Å². The van der Waals surface area contributed by atoms with E-state index in [4.69, 9.17) is 5.26 Å². The molecule has 0 aliphatic carbocycles. The van der Waals surface area contributed by atoms with E-state index in [-0.39, 0.29) is 0 Å². The molecule has 0 atom stereocenters. The van der Waals surface area contributed by atoms with E-state index in [0.29, 0.717) is 0 Å². The standard InChI is InChI=1S/C4H6O3/c1-2-3-4(5)7-6/h2-3,6H,1H3/b3-2-. The van der Waals surface area contributed by atoms with Crippen molar-refractivity contribution in [2.45, 2.75) is 6.92 Å².